The highest BCUT2D eigenvalue weighted by Crippen LogP contribution is 2.35. The number of hydrogen-bond acceptors (Lipinski definition) is 4. The summed E-state index contributed by atoms with van der Waals surface area (Å²) in [6, 6.07) is 16.4. The van der Waals surface area contributed by atoms with E-state index in [2.05, 4.69) is 5.32 Å². The van der Waals surface area contributed by atoms with E-state index in [1.165, 1.54) is 4.90 Å². The third-order valence-corrected chi connectivity index (χ3v) is 5.29. The van der Waals surface area contributed by atoms with Gasteiger partial charge in [0.2, 0.25) is 17.7 Å². The molecule has 6 nitrogen and oxygen atoms in total. The van der Waals surface area contributed by atoms with E-state index in [-0.39, 0.29) is 42.5 Å². The van der Waals surface area contributed by atoms with Crippen LogP contribution in [-0.2, 0) is 14.4 Å². The van der Waals surface area contributed by atoms with Gasteiger partial charge in [-0.15, -0.1) is 0 Å². The summed E-state index contributed by atoms with van der Waals surface area (Å²) in [5, 5.41) is 2.82. The number of amides is 3. The second-order valence-electron chi connectivity index (χ2n) is 7.19. The summed E-state index contributed by atoms with van der Waals surface area (Å²) in [5.74, 6) is 0.0555. The van der Waals surface area contributed by atoms with Crippen LogP contribution in [0.4, 0.5) is 5.69 Å². The Morgan fingerprint density at radius 2 is 1.55 bits per heavy atom. The Kier molecular flexibility index (Phi) is 5.42. The van der Waals surface area contributed by atoms with Gasteiger partial charge in [-0.1, -0.05) is 42.5 Å². The van der Waals surface area contributed by atoms with E-state index in [0.717, 1.165) is 0 Å². The summed E-state index contributed by atoms with van der Waals surface area (Å²) in [6.45, 7) is 0.0954. The van der Waals surface area contributed by atoms with Crippen LogP contribution in [0.15, 0.2) is 66.7 Å². The Hall–Kier alpha value is -3.41. The maximum absolute atomic E-state index is 12.5. The molecule has 0 radical (unpaired) electrons. The van der Waals surface area contributed by atoms with Crippen LogP contribution < -0.4 is 10.1 Å². The van der Waals surface area contributed by atoms with Gasteiger partial charge in [0.15, 0.2) is 5.75 Å². The van der Waals surface area contributed by atoms with Crippen molar-refractivity contribution in [1.29, 1.82) is 0 Å². The lowest BCUT2D eigenvalue weighted by molar-refractivity contribution is -0.140. The van der Waals surface area contributed by atoms with Crippen molar-refractivity contribution in [2.45, 2.75) is 19.3 Å². The number of rotatable bonds is 6. The lowest BCUT2D eigenvalue weighted by Crippen LogP contribution is -2.34. The van der Waals surface area contributed by atoms with Crippen molar-refractivity contribution in [3.05, 3.63) is 66.7 Å². The van der Waals surface area contributed by atoms with Crippen molar-refractivity contribution >= 4 is 23.4 Å². The fraction of sp³-hybridized carbons (Fsp3) is 0.261. The number of allylic oxidation sites excluding steroid dienone is 2. The minimum absolute atomic E-state index is 0.0457. The predicted molar refractivity (Wildman–Crippen MR) is 108 cm³/mol. The van der Waals surface area contributed by atoms with Gasteiger partial charge < -0.3 is 10.1 Å². The normalized spacial score (nSPS) is 20.5. The highest BCUT2D eigenvalue weighted by molar-refractivity contribution is 6.06. The molecule has 2 aromatic carbocycles. The van der Waals surface area contributed by atoms with E-state index in [4.69, 9.17) is 4.74 Å². The molecule has 2 atom stereocenters. The molecule has 0 unspecified atom stereocenters. The summed E-state index contributed by atoms with van der Waals surface area (Å²) < 4.78 is 5.85. The van der Waals surface area contributed by atoms with Crippen molar-refractivity contribution in [3.8, 4) is 11.5 Å². The first-order valence-corrected chi connectivity index (χ1v) is 9.75. The van der Waals surface area contributed by atoms with Gasteiger partial charge in [0.1, 0.15) is 5.75 Å². The molecule has 1 aliphatic heterocycles. The number of carbonyl (C=O) groups is 3. The van der Waals surface area contributed by atoms with Gasteiger partial charge in [0, 0.05) is 13.0 Å². The number of benzene rings is 2. The van der Waals surface area contributed by atoms with E-state index in [1.807, 2.05) is 48.6 Å². The van der Waals surface area contributed by atoms with Crippen LogP contribution in [-0.4, -0.2) is 29.2 Å². The first-order chi connectivity index (χ1) is 14.1. The number of imide groups is 1. The van der Waals surface area contributed by atoms with Gasteiger partial charge in [-0.2, -0.15) is 0 Å². The zero-order chi connectivity index (χ0) is 20.2. The minimum Gasteiger partial charge on any atom is -0.455 e. The number of nitrogens with one attached hydrogen (secondary N) is 1. The third-order valence-electron chi connectivity index (χ3n) is 5.29. The maximum Gasteiger partial charge on any atom is 0.233 e. The van der Waals surface area contributed by atoms with E-state index >= 15 is 0 Å². The molecule has 4 rings (SSSR count). The Labute approximate surface area is 169 Å². The number of nitrogens with zero attached hydrogens (tertiary/aromatic N) is 1. The average Bonchev–Trinajstić information content (AvgIpc) is 2.99. The maximum atomic E-state index is 12.5. The third kappa shape index (κ3) is 4.06. The van der Waals surface area contributed by atoms with Gasteiger partial charge in [0.05, 0.1) is 17.5 Å². The molecule has 148 valence electrons. The van der Waals surface area contributed by atoms with Gasteiger partial charge in [-0.05, 0) is 37.1 Å². The van der Waals surface area contributed by atoms with Gasteiger partial charge >= 0.3 is 0 Å². The van der Waals surface area contributed by atoms with Crippen LogP contribution in [0.3, 0.4) is 0 Å². The second-order valence-corrected chi connectivity index (χ2v) is 7.19. The Bertz CT molecular complexity index is 928. The molecular weight excluding hydrogens is 368 g/mol. The monoisotopic (exact) mass is 390 g/mol. The van der Waals surface area contributed by atoms with Crippen molar-refractivity contribution in [2.75, 3.05) is 11.9 Å². The number of likely N-dealkylation sites (tertiary alicyclic amines) is 1. The number of para-hydroxylation sites is 3. The van der Waals surface area contributed by atoms with Crippen LogP contribution in [0.1, 0.15) is 19.3 Å². The smallest absolute Gasteiger partial charge is 0.233 e. The largest absolute Gasteiger partial charge is 0.455 e. The number of carbonyl (C=O) groups excluding carboxylic acids is 3. The first-order valence-electron chi connectivity index (χ1n) is 9.75. The average molecular weight is 390 g/mol. The van der Waals surface area contributed by atoms with E-state index in [9.17, 15) is 14.4 Å². The summed E-state index contributed by atoms with van der Waals surface area (Å²) in [6.07, 6.45) is 5.15. The van der Waals surface area contributed by atoms with E-state index in [1.54, 1.807) is 18.2 Å². The molecule has 0 spiro atoms. The molecule has 3 amide bonds. The Balaban J connectivity index is 1.37. The number of ether oxygens (including phenoxy) is 1. The van der Waals surface area contributed by atoms with E-state index < -0.39 is 0 Å². The van der Waals surface area contributed by atoms with Crippen LogP contribution in [0.2, 0.25) is 0 Å². The second kappa shape index (κ2) is 8.31. The van der Waals surface area contributed by atoms with E-state index in [0.29, 0.717) is 30.0 Å². The quantitative estimate of drug-likeness (QED) is 0.602. The number of hydrogen-bond donors (Lipinski definition) is 1. The molecule has 1 aliphatic carbocycles. The summed E-state index contributed by atoms with van der Waals surface area (Å²) in [7, 11) is 0. The van der Waals surface area contributed by atoms with Crippen molar-refractivity contribution in [1.82, 2.24) is 4.90 Å². The molecular formula is C23H22N2O4. The molecule has 0 saturated carbocycles. The molecule has 6 heteroatoms. The standard InChI is InChI=1S/C23H22N2O4/c26-21(14-15-25-22(27)17-10-4-5-11-18(17)23(25)28)24-19-12-6-7-13-20(19)29-16-8-2-1-3-9-16/h1-9,12-13,17-18H,10-11,14-15H2,(H,24,26)/t17-,18-/m0/s1. The Morgan fingerprint density at radius 3 is 2.24 bits per heavy atom. The first kappa shape index (κ1) is 18.9. The topological polar surface area (TPSA) is 75.7 Å². The lowest BCUT2D eigenvalue weighted by atomic mass is 9.85. The van der Waals surface area contributed by atoms with Crippen LogP contribution in [0, 0.1) is 11.8 Å². The zero-order valence-corrected chi connectivity index (χ0v) is 15.9. The molecule has 1 heterocycles. The van der Waals surface area contributed by atoms with Gasteiger partial charge in [-0.25, -0.2) is 0 Å². The molecule has 2 aliphatic rings. The molecule has 0 aromatic heterocycles. The molecule has 2 aromatic rings. The molecule has 1 saturated heterocycles. The summed E-state index contributed by atoms with van der Waals surface area (Å²) in [4.78, 5) is 38.7. The zero-order valence-electron chi connectivity index (χ0n) is 15.9. The van der Waals surface area contributed by atoms with Crippen LogP contribution >= 0.6 is 0 Å². The fourth-order valence-corrected chi connectivity index (χ4v) is 3.79. The van der Waals surface area contributed by atoms with Crippen LogP contribution in [0.5, 0.6) is 11.5 Å². The predicted octanol–water partition coefficient (Wildman–Crippen LogP) is 3.76. The number of fused-ring (bicyclic) bond motifs is 1. The lowest BCUT2D eigenvalue weighted by Gasteiger charge is -2.15. The molecule has 1 N–H and O–H groups in total. The number of anilines is 1. The van der Waals surface area contributed by atoms with Gasteiger partial charge in [-0.3, -0.25) is 19.3 Å². The summed E-state index contributed by atoms with van der Waals surface area (Å²) in [5.41, 5.74) is 0.540. The molecule has 0 bridgehead atoms. The highest BCUT2D eigenvalue weighted by atomic mass is 16.5. The molecule has 29 heavy (non-hydrogen) atoms. The van der Waals surface area contributed by atoms with Crippen molar-refractivity contribution < 1.29 is 19.1 Å². The van der Waals surface area contributed by atoms with Gasteiger partial charge in [0.25, 0.3) is 0 Å². The fourth-order valence-electron chi connectivity index (χ4n) is 3.79. The van der Waals surface area contributed by atoms with Crippen molar-refractivity contribution in [2.24, 2.45) is 11.8 Å². The minimum atomic E-state index is -0.275. The molecule has 1 fully saturated rings. The highest BCUT2D eigenvalue weighted by Gasteiger charge is 2.46. The summed E-state index contributed by atoms with van der Waals surface area (Å²) >= 11 is 0. The van der Waals surface area contributed by atoms with Crippen molar-refractivity contribution in [3.63, 3.8) is 0 Å². The Morgan fingerprint density at radius 1 is 0.931 bits per heavy atom. The van der Waals surface area contributed by atoms with Crippen LogP contribution in [0.25, 0.3) is 0 Å². The SMILES string of the molecule is O=C(CCN1C(=O)[C@H]2CC=CC[C@@H]2C1=O)Nc1ccccc1Oc1ccccc1.